The largest absolute Gasteiger partial charge is 0.331 e. The molecule has 0 aliphatic rings. The highest BCUT2D eigenvalue weighted by Gasteiger charge is 1.94. The summed E-state index contributed by atoms with van der Waals surface area (Å²) in [5.41, 5.74) is 4.45. The standard InChI is InChI=1S/C13H13N5S/c1-10-14-7-11(8-15-10)9-16-18-13(19)17-12-5-3-2-4-6-12/h2-9H,1H3,(H2,17,18,19)/b16-9+. The van der Waals surface area contributed by atoms with E-state index in [0.717, 1.165) is 17.1 Å². The fourth-order valence-corrected chi connectivity index (χ4v) is 1.49. The Kier molecular flexibility index (Phi) is 4.52. The molecule has 2 aromatic rings. The van der Waals surface area contributed by atoms with E-state index in [1.165, 1.54) is 0 Å². The smallest absolute Gasteiger partial charge is 0.191 e. The van der Waals surface area contributed by atoms with Crippen LogP contribution in [0.4, 0.5) is 5.69 Å². The van der Waals surface area contributed by atoms with Crippen LogP contribution in [0, 0.1) is 6.92 Å². The highest BCUT2D eigenvalue weighted by Crippen LogP contribution is 2.04. The summed E-state index contributed by atoms with van der Waals surface area (Å²) in [4.78, 5) is 8.13. The van der Waals surface area contributed by atoms with Crippen LogP contribution < -0.4 is 10.7 Å². The first-order valence-electron chi connectivity index (χ1n) is 5.68. The van der Waals surface area contributed by atoms with Gasteiger partial charge in [0.25, 0.3) is 0 Å². The van der Waals surface area contributed by atoms with Crippen LogP contribution >= 0.6 is 12.2 Å². The maximum atomic E-state index is 5.10. The highest BCUT2D eigenvalue weighted by atomic mass is 32.1. The third-order valence-corrected chi connectivity index (χ3v) is 2.41. The second-order valence-electron chi connectivity index (χ2n) is 3.75. The third-order valence-electron chi connectivity index (χ3n) is 2.21. The molecule has 96 valence electrons. The van der Waals surface area contributed by atoms with Gasteiger partial charge in [0.1, 0.15) is 5.82 Å². The van der Waals surface area contributed by atoms with E-state index >= 15 is 0 Å². The number of rotatable bonds is 3. The van der Waals surface area contributed by atoms with Gasteiger partial charge >= 0.3 is 0 Å². The SMILES string of the molecule is Cc1ncc(/C=N/NC(=S)Nc2ccccc2)cn1. The van der Waals surface area contributed by atoms with Gasteiger partial charge in [-0.2, -0.15) is 5.10 Å². The Bertz CT molecular complexity index is 565. The molecule has 0 amide bonds. The topological polar surface area (TPSA) is 62.2 Å². The molecule has 1 heterocycles. The minimum absolute atomic E-state index is 0.426. The number of hydrazone groups is 1. The molecular weight excluding hydrogens is 258 g/mol. The van der Waals surface area contributed by atoms with Crippen LogP contribution in [0.15, 0.2) is 47.8 Å². The summed E-state index contributed by atoms with van der Waals surface area (Å²) < 4.78 is 0. The quantitative estimate of drug-likeness (QED) is 0.508. The van der Waals surface area contributed by atoms with Gasteiger partial charge in [-0.1, -0.05) is 18.2 Å². The number of thiocarbonyl (C=S) groups is 1. The van der Waals surface area contributed by atoms with Crippen molar-refractivity contribution in [3.8, 4) is 0 Å². The van der Waals surface area contributed by atoms with Gasteiger partial charge in [0, 0.05) is 23.6 Å². The Morgan fingerprint density at radius 2 is 1.89 bits per heavy atom. The van der Waals surface area contributed by atoms with Gasteiger partial charge in [0.05, 0.1) is 6.21 Å². The molecule has 0 spiro atoms. The van der Waals surface area contributed by atoms with Crippen molar-refractivity contribution in [3.05, 3.63) is 54.1 Å². The summed E-state index contributed by atoms with van der Waals surface area (Å²) in [6.07, 6.45) is 5.00. The molecule has 0 aliphatic carbocycles. The van der Waals surface area contributed by atoms with Crippen LogP contribution in [-0.2, 0) is 0 Å². The first-order chi connectivity index (χ1) is 9.24. The summed E-state index contributed by atoms with van der Waals surface area (Å²) in [5, 5.41) is 7.45. The molecule has 0 saturated carbocycles. The molecule has 2 N–H and O–H groups in total. The number of nitrogens with zero attached hydrogens (tertiary/aromatic N) is 3. The van der Waals surface area contributed by atoms with Gasteiger partial charge in [0.15, 0.2) is 5.11 Å². The molecule has 0 aliphatic heterocycles. The Balaban J connectivity index is 1.85. The van der Waals surface area contributed by atoms with Gasteiger partial charge in [-0.3, -0.25) is 5.43 Å². The van der Waals surface area contributed by atoms with E-state index < -0.39 is 0 Å². The predicted molar refractivity (Wildman–Crippen MR) is 80.2 cm³/mol. The summed E-state index contributed by atoms with van der Waals surface area (Å²) >= 11 is 5.10. The summed E-state index contributed by atoms with van der Waals surface area (Å²) in [6.45, 7) is 1.83. The molecule has 2 rings (SSSR count). The van der Waals surface area contributed by atoms with E-state index in [-0.39, 0.29) is 0 Å². The van der Waals surface area contributed by atoms with Gasteiger partial charge in [-0.25, -0.2) is 9.97 Å². The summed E-state index contributed by atoms with van der Waals surface area (Å²) in [6, 6.07) is 9.64. The Labute approximate surface area is 116 Å². The summed E-state index contributed by atoms with van der Waals surface area (Å²) in [5.74, 6) is 0.728. The highest BCUT2D eigenvalue weighted by molar-refractivity contribution is 7.80. The van der Waals surface area contributed by atoms with Gasteiger partial charge in [0.2, 0.25) is 0 Å². The lowest BCUT2D eigenvalue weighted by Gasteiger charge is -2.05. The molecule has 19 heavy (non-hydrogen) atoms. The molecule has 6 heteroatoms. The number of para-hydroxylation sites is 1. The number of hydrogen-bond donors (Lipinski definition) is 2. The van der Waals surface area contributed by atoms with E-state index in [9.17, 15) is 0 Å². The zero-order valence-electron chi connectivity index (χ0n) is 10.4. The van der Waals surface area contributed by atoms with Crippen molar-refractivity contribution < 1.29 is 0 Å². The average Bonchev–Trinajstić information content (AvgIpc) is 2.42. The molecule has 0 atom stereocenters. The zero-order chi connectivity index (χ0) is 13.5. The number of nitrogens with one attached hydrogen (secondary N) is 2. The second kappa shape index (κ2) is 6.55. The Hall–Kier alpha value is -2.34. The molecule has 0 bridgehead atoms. The van der Waals surface area contributed by atoms with E-state index in [0.29, 0.717) is 5.11 Å². The van der Waals surface area contributed by atoms with E-state index in [2.05, 4.69) is 25.8 Å². The molecule has 0 fully saturated rings. The molecule has 0 radical (unpaired) electrons. The maximum absolute atomic E-state index is 5.10. The zero-order valence-corrected chi connectivity index (χ0v) is 11.2. The van der Waals surface area contributed by atoms with Crippen LogP contribution in [0.1, 0.15) is 11.4 Å². The summed E-state index contributed by atoms with van der Waals surface area (Å²) in [7, 11) is 0. The Morgan fingerprint density at radius 1 is 1.21 bits per heavy atom. The lowest BCUT2D eigenvalue weighted by molar-refractivity contribution is 1.03. The van der Waals surface area contributed by atoms with Crippen LogP contribution in [0.3, 0.4) is 0 Å². The molecular formula is C13H13N5S. The fourth-order valence-electron chi connectivity index (χ4n) is 1.32. The second-order valence-corrected chi connectivity index (χ2v) is 4.16. The molecule has 0 saturated heterocycles. The number of hydrogen-bond acceptors (Lipinski definition) is 4. The lowest BCUT2D eigenvalue weighted by atomic mass is 10.3. The predicted octanol–water partition coefficient (Wildman–Crippen LogP) is 2.11. The van der Waals surface area contributed by atoms with Crippen LogP contribution in [-0.4, -0.2) is 21.3 Å². The van der Waals surface area contributed by atoms with Crippen LogP contribution in [0.25, 0.3) is 0 Å². The maximum Gasteiger partial charge on any atom is 0.191 e. The normalized spacial score (nSPS) is 10.4. The number of benzene rings is 1. The van der Waals surface area contributed by atoms with Crippen molar-refractivity contribution in [2.45, 2.75) is 6.92 Å². The van der Waals surface area contributed by atoms with E-state index in [1.807, 2.05) is 37.3 Å². The molecule has 0 unspecified atom stereocenters. The average molecular weight is 271 g/mol. The first kappa shape index (κ1) is 13.1. The van der Waals surface area contributed by atoms with Crippen LogP contribution in [0.5, 0.6) is 0 Å². The van der Waals surface area contributed by atoms with E-state index in [4.69, 9.17) is 12.2 Å². The van der Waals surface area contributed by atoms with E-state index in [1.54, 1.807) is 18.6 Å². The van der Waals surface area contributed by atoms with Crippen molar-refractivity contribution in [1.82, 2.24) is 15.4 Å². The van der Waals surface area contributed by atoms with Crippen LogP contribution in [0.2, 0.25) is 0 Å². The van der Waals surface area contributed by atoms with Crippen molar-refractivity contribution in [2.24, 2.45) is 5.10 Å². The molecule has 1 aromatic carbocycles. The van der Waals surface area contributed by atoms with Crippen molar-refractivity contribution in [2.75, 3.05) is 5.32 Å². The van der Waals surface area contributed by atoms with Crippen molar-refractivity contribution in [3.63, 3.8) is 0 Å². The lowest BCUT2D eigenvalue weighted by Crippen LogP contribution is -2.23. The van der Waals surface area contributed by atoms with Crippen molar-refractivity contribution >= 4 is 29.2 Å². The number of anilines is 1. The molecule has 5 nitrogen and oxygen atoms in total. The first-order valence-corrected chi connectivity index (χ1v) is 6.08. The molecule has 1 aromatic heterocycles. The minimum atomic E-state index is 0.426. The van der Waals surface area contributed by atoms with Gasteiger partial charge < -0.3 is 5.32 Å². The van der Waals surface area contributed by atoms with Crippen molar-refractivity contribution in [1.29, 1.82) is 0 Å². The number of aryl methyl sites for hydroxylation is 1. The Morgan fingerprint density at radius 3 is 2.58 bits per heavy atom. The minimum Gasteiger partial charge on any atom is -0.331 e. The number of aromatic nitrogens is 2. The third kappa shape index (κ3) is 4.44. The monoisotopic (exact) mass is 271 g/mol. The fraction of sp³-hybridized carbons (Fsp3) is 0.0769. The van der Waals surface area contributed by atoms with Gasteiger partial charge in [-0.05, 0) is 31.3 Å². The van der Waals surface area contributed by atoms with Gasteiger partial charge in [-0.15, -0.1) is 0 Å².